The van der Waals surface area contributed by atoms with E-state index in [1.165, 1.54) is 18.2 Å². The third kappa shape index (κ3) is 3.37. The number of hydrogen-bond donors (Lipinski definition) is 3. The summed E-state index contributed by atoms with van der Waals surface area (Å²) in [5.74, 6) is 0.297. The fraction of sp³-hybridized carbons (Fsp3) is 0.111. The maximum Gasteiger partial charge on any atom is 0.409 e. The molecular formula is C9H11N3O4. The second kappa shape index (κ2) is 4.87. The maximum atomic E-state index is 10.5. The van der Waals surface area contributed by atoms with Gasteiger partial charge in [0.2, 0.25) is 0 Å². The van der Waals surface area contributed by atoms with Crippen LogP contribution in [0.25, 0.3) is 0 Å². The molecule has 0 aliphatic heterocycles. The van der Waals surface area contributed by atoms with Crippen LogP contribution in [0.5, 0.6) is 11.5 Å². The summed E-state index contributed by atoms with van der Waals surface area (Å²) in [6.07, 6.45) is -1.92. The Labute approximate surface area is 91.3 Å². The molecule has 2 amide bonds. The van der Waals surface area contributed by atoms with Crippen molar-refractivity contribution in [2.24, 2.45) is 11.5 Å². The maximum absolute atomic E-state index is 10.5. The van der Waals surface area contributed by atoms with Gasteiger partial charge in [-0.05, 0) is 0 Å². The molecule has 16 heavy (non-hydrogen) atoms. The van der Waals surface area contributed by atoms with Crippen molar-refractivity contribution >= 4 is 17.9 Å². The fourth-order valence-electron chi connectivity index (χ4n) is 1.07. The Morgan fingerprint density at radius 2 is 1.50 bits per heavy atom. The van der Waals surface area contributed by atoms with E-state index in [4.69, 9.17) is 11.5 Å². The monoisotopic (exact) mass is 225 g/mol. The zero-order valence-corrected chi connectivity index (χ0v) is 8.52. The van der Waals surface area contributed by atoms with Crippen LogP contribution in [0.4, 0.5) is 15.3 Å². The molecule has 0 aromatic heterocycles. The molecule has 0 unspecified atom stereocenters. The predicted octanol–water partition coefficient (Wildman–Crippen LogP) is 0.643. The van der Waals surface area contributed by atoms with Crippen molar-refractivity contribution in [1.82, 2.24) is 0 Å². The second-order valence-electron chi connectivity index (χ2n) is 2.79. The summed E-state index contributed by atoms with van der Waals surface area (Å²) in [5, 5.41) is 2.79. The smallest absolute Gasteiger partial charge is 0.409 e. The standard InChI is InChI=1S/C9H11N3O4/c1-12-5-2-6(15-8(10)13)4-7(3-5)16-9(11)14/h2-4,12H,1H3,(H2,10,13)(H2,11,14). The SMILES string of the molecule is CNc1cc(OC(N)=O)cc(OC(N)=O)c1. The molecular weight excluding hydrogens is 214 g/mol. The van der Waals surface area contributed by atoms with E-state index in [0.717, 1.165) is 0 Å². The van der Waals surface area contributed by atoms with E-state index in [1.807, 2.05) is 0 Å². The van der Waals surface area contributed by atoms with Gasteiger partial charge in [-0.25, -0.2) is 9.59 Å². The molecule has 0 aliphatic carbocycles. The summed E-state index contributed by atoms with van der Waals surface area (Å²) in [6.45, 7) is 0. The topological polar surface area (TPSA) is 117 Å². The van der Waals surface area contributed by atoms with Crippen LogP contribution in [0.15, 0.2) is 18.2 Å². The summed E-state index contributed by atoms with van der Waals surface area (Å²) in [5.41, 5.74) is 10.3. The molecule has 5 N–H and O–H groups in total. The van der Waals surface area contributed by atoms with Gasteiger partial charge in [-0.1, -0.05) is 0 Å². The van der Waals surface area contributed by atoms with Crippen molar-refractivity contribution in [2.75, 3.05) is 12.4 Å². The van der Waals surface area contributed by atoms with Crippen LogP contribution in [0.2, 0.25) is 0 Å². The molecule has 0 atom stereocenters. The molecule has 86 valence electrons. The molecule has 0 fully saturated rings. The van der Waals surface area contributed by atoms with E-state index in [0.29, 0.717) is 5.69 Å². The summed E-state index contributed by atoms with van der Waals surface area (Å²) in [7, 11) is 1.65. The lowest BCUT2D eigenvalue weighted by Gasteiger charge is -2.08. The van der Waals surface area contributed by atoms with Gasteiger partial charge in [-0.2, -0.15) is 0 Å². The first kappa shape index (κ1) is 11.6. The van der Waals surface area contributed by atoms with Gasteiger partial charge < -0.3 is 26.3 Å². The number of ether oxygens (including phenoxy) is 2. The molecule has 7 heteroatoms. The molecule has 0 bridgehead atoms. The minimum atomic E-state index is -0.960. The zero-order chi connectivity index (χ0) is 12.1. The van der Waals surface area contributed by atoms with E-state index in [2.05, 4.69) is 14.8 Å². The number of nitrogens with two attached hydrogens (primary N) is 2. The van der Waals surface area contributed by atoms with Gasteiger partial charge >= 0.3 is 12.2 Å². The minimum absolute atomic E-state index is 0.149. The Bertz CT molecular complexity index is 385. The van der Waals surface area contributed by atoms with E-state index in [-0.39, 0.29) is 11.5 Å². The highest BCUT2D eigenvalue weighted by atomic mass is 16.6. The minimum Gasteiger partial charge on any atom is -0.410 e. The highest BCUT2D eigenvalue weighted by Crippen LogP contribution is 2.25. The molecule has 0 saturated heterocycles. The zero-order valence-electron chi connectivity index (χ0n) is 8.52. The Hall–Kier alpha value is -2.44. The van der Waals surface area contributed by atoms with Crippen LogP contribution in [0.1, 0.15) is 0 Å². The van der Waals surface area contributed by atoms with Crippen molar-refractivity contribution < 1.29 is 19.1 Å². The molecule has 0 aliphatic rings. The van der Waals surface area contributed by atoms with Gasteiger partial charge in [-0.3, -0.25) is 0 Å². The third-order valence-electron chi connectivity index (χ3n) is 1.61. The second-order valence-corrected chi connectivity index (χ2v) is 2.79. The highest BCUT2D eigenvalue weighted by molar-refractivity contribution is 5.71. The summed E-state index contributed by atoms with van der Waals surface area (Å²) >= 11 is 0. The average Bonchev–Trinajstić information content (AvgIpc) is 2.14. The lowest BCUT2D eigenvalue weighted by atomic mass is 10.3. The molecule has 7 nitrogen and oxygen atoms in total. The Kier molecular flexibility index (Phi) is 3.54. The van der Waals surface area contributed by atoms with Crippen LogP contribution in [0.3, 0.4) is 0 Å². The van der Waals surface area contributed by atoms with Crippen molar-refractivity contribution in [1.29, 1.82) is 0 Å². The molecule has 1 aromatic rings. The molecule has 0 heterocycles. The quantitative estimate of drug-likeness (QED) is 0.697. The van der Waals surface area contributed by atoms with Crippen molar-refractivity contribution in [3.8, 4) is 11.5 Å². The summed E-state index contributed by atoms with van der Waals surface area (Å²) in [4.78, 5) is 21.1. The van der Waals surface area contributed by atoms with E-state index < -0.39 is 12.2 Å². The Morgan fingerprint density at radius 1 is 1.06 bits per heavy atom. The number of amides is 2. The van der Waals surface area contributed by atoms with Gasteiger partial charge in [0, 0.05) is 30.9 Å². The predicted molar refractivity (Wildman–Crippen MR) is 56.4 cm³/mol. The molecule has 0 saturated carbocycles. The molecule has 1 aromatic carbocycles. The Morgan fingerprint density at radius 3 is 1.81 bits per heavy atom. The molecule has 0 spiro atoms. The van der Waals surface area contributed by atoms with Crippen molar-refractivity contribution in [3.05, 3.63) is 18.2 Å². The first-order chi connectivity index (χ1) is 7.51. The van der Waals surface area contributed by atoms with Crippen molar-refractivity contribution in [3.63, 3.8) is 0 Å². The normalized spacial score (nSPS) is 9.31. The number of rotatable bonds is 3. The van der Waals surface area contributed by atoms with E-state index in [1.54, 1.807) is 7.05 Å². The number of benzene rings is 1. The molecule has 1 rings (SSSR count). The summed E-state index contributed by atoms with van der Waals surface area (Å²) in [6, 6.07) is 4.34. The largest absolute Gasteiger partial charge is 0.410 e. The Balaban J connectivity index is 3.00. The van der Waals surface area contributed by atoms with Crippen molar-refractivity contribution in [2.45, 2.75) is 0 Å². The van der Waals surface area contributed by atoms with E-state index in [9.17, 15) is 9.59 Å². The number of anilines is 1. The number of carbonyl (C=O) groups is 2. The number of nitrogens with one attached hydrogen (secondary N) is 1. The van der Waals surface area contributed by atoms with Gasteiger partial charge in [0.05, 0.1) is 0 Å². The van der Waals surface area contributed by atoms with Gasteiger partial charge in [0.25, 0.3) is 0 Å². The fourth-order valence-corrected chi connectivity index (χ4v) is 1.07. The highest BCUT2D eigenvalue weighted by Gasteiger charge is 2.06. The first-order valence-corrected chi connectivity index (χ1v) is 4.28. The lowest BCUT2D eigenvalue weighted by Crippen LogP contribution is -2.18. The first-order valence-electron chi connectivity index (χ1n) is 4.28. The summed E-state index contributed by atoms with van der Waals surface area (Å²) < 4.78 is 9.29. The van der Waals surface area contributed by atoms with Crippen LogP contribution >= 0.6 is 0 Å². The van der Waals surface area contributed by atoms with Crippen LogP contribution < -0.4 is 26.3 Å². The lowest BCUT2D eigenvalue weighted by molar-refractivity contribution is 0.209. The van der Waals surface area contributed by atoms with Gasteiger partial charge in [0.15, 0.2) is 0 Å². The van der Waals surface area contributed by atoms with Gasteiger partial charge in [0.1, 0.15) is 11.5 Å². The van der Waals surface area contributed by atoms with Crippen LogP contribution in [0, 0.1) is 0 Å². The van der Waals surface area contributed by atoms with E-state index >= 15 is 0 Å². The number of carbonyl (C=O) groups excluding carboxylic acids is 2. The molecule has 0 radical (unpaired) electrons. The average molecular weight is 225 g/mol. The number of primary amides is 2. The van der Waals surface area contributed by atoms with Crippen LogP contribution in [-0.2, 0) is 0 Å². The van der Waals surface area contributed by atoms with Gasteiger partial charge in [-0.15, -0.1) is 0 Å². The third-order valence-corrected chi connectivity index (χ3v) is 1.61. The number of hydrogen-bond acceptors (Lipinski definition) is 5. The van der Waals surface area contributed by atoms with Crippen LogP contribution in [-0.4, -0.2) is 19.2 Å².